The van der Waals surface area contributed by atoms with E-state index in [0.717, 1.165) is 11.1 Å². The van der Waals surface area contributed by atoms with Gasteiger partial charge in [-0.25, -0.2) is 9.59 Å². The van der Waals surface area contributed by atoms with E-state index >= 15 is 0 Å². The normalized spacial score (nSPS) is 16.0. The van der Waals surface area contributed by atoms with Crippen LogP contribution in [0.5, 0.6) is 0 Å². The van der Waals surface area contributed by atoms with Crippen molar-refractivity contribution in [2.45, 2.75) is 78.6 Å². The summed E-state index contributed by atoms with van der Waals surface area (Å²) in [4.78, 5) is 64.3. The van der Waals surface area contributed by atoms with Gasteiger partial charge in [0.15, 0.2) is 0 Å². The second kappa shape index (κ2) is 19.7. The Morgan fingerprint density at radius 3 is 2.11 bits per heavy atom. The zero-order valence-electron chi connectivity index (χ0n) is 26.1. The van der Waals surface area contributed by atoms with E-state index in [0.29, 0.717) is 19.4 Å². The van der Waals surface area contributed by atoms with Gasteiger partial charge < -0.3 is 30.7 Å². The average Bonchev–Trinajstić information content (AvgIpc) is 3.42. The lowest BCUT2D eigenvalue weighted by Gasteiger charge is -2.26. The molecule has 250 valence electrons. The highest BCUT2D eigenvalue weighted by Crippen LogP contribution is 2.17. The van der Waals surface area contributed by atoms with Crippen LogP contribution in [0.25, 0.3) is 0 Å². The first kappa shape index (κ1) is 37.5. The van der Waals surface area contributed by atoms with Gasteiger partial charge in [0, 0.05) is 31.0 Å². The lowest BCUT2D eigenvalue weighted by Crippen LogP contribution is -2.56. The van der Waals surface area contributed by atoms with Crippen LogP contribution in [0.4, 0.5) is 4.79 Å². The molecule has 0 radical (unpaired) electrons. The zero-order valence-corrected chi connectivity index (χ0v) is 26.1. The monoisotopic (exact) mass is 636 g/mol. The number of carbonyl (C=O) groups excluding carboxylic acids is 5. The maximum atomic E-state index is 13.8. The minimum Gasteiger partial charge on any atom is -0.463 e. The van der Waals surface area contributed by atoms with Crippen molar-refractivity contribution in [1.29, 1.82) is 0 Å². The molecule has 0 unspecified atom stereocenters. The molecule has 0 spiro atoms. The van der Waals surface area contributed by atoms with E-state index in [1.54, 1.807) is 6.92 Å². The van der Waals surface area contributed by atoms with Gasteiger partial charge in [0.1, 0.15) is 18.7 Å². The number of hydrogen-bond acceptors (Lipinski definition) is 7. The van der Waals surface area contributed by atoms with Crippen LogP contribution in [0, 0.1) is 11.8 Å². The maximum Gasteiger partial charge on any atom is 0.408 e. The van der Waals surface area contributed by atoms with Crippen molar-refractivity contribution in [3.63, 3.8) is 0 Å². The summed E-state index contributed by atoms with van der Waals surface area (Å²) in [5.74, 6) is -2.01. The number of alkyl carbamates (subject to hydrolysis) is 1. The van der Waals surface area contributed by atoms with Gasteiger partial charge in [0.05, 0.1) is 6.61 Å². The number of carbonyl (C=O) groups is 5. The van der Waals surface area contributed by atoms with Gasteiger partial charge in [0.25, 0.3) is 0 Å². The summed E-state index contributed by atoms with van der Waals surface area (Å²) >= 11 is 0. The van der Waals surface area contributed by atoms with Crippen LogP contribution in [0.2, 0.25) is 0 Å². The molecule has 46 heavy (non-hydrogen) atoms. The van der Waals surface area contributed by atoms with Gasteiger partial charge in [-0.3, -0.25) is 14.4 Å². The standard InChI is InChI=1S/C34H44N4O7.CH4/c1-4-44-30(39)16-15-27(21-26-17-18-35-31(26)40)36-32(41)29(20-24-11-7-5-8-12-24)37-33(42)28(19-23(2)3)38-34(43)45-22-25-13-9-6-10-14-25;/h5-16,23,26-29H,4,17-22H2,1-3H3,(H,35,40)(H,36,41)(H,37,42)(H,38,43);1H4/b16-15+;/t26-,27+,28-,29-;/m0./s1. The Morgan fingerprint density at radius 1 is 0.891 bits per heavy atom. The molecule has 4 N–H and O–H groups in total. The molecule has 2 aromatic carbocycles. The van der Waals surface area contributed by atoms with Crippen LogP contribution in [0.15, 0.2) is 72.8 Å². The van der Waals surface area contributed by atoms with Gasteiger partial charge in [-0.1, -0.05) is 88.0 Å². The number of esters is 1. The van der Waals surface area contributed by atoms with Crippen LogP contribution in [0.1, 0.15) is 58.6 Å². The minimum atomic E-state index is -1.02. The summed E-state index contributed by atoms with van der Waals surface area (Å²) in [5.41, 5.74) is 1.61. The molecule has 1 fully saturated rings. The number of benzene rings is 2. The van der Waals surface area contributed by atoms with Crippen molar-refractivity contribution < 1.29 is 33.4 Å². The first-order chi connectivity index (χ1) is 21.6. The van der Waals surface area contributed by atoms with E-state index in [1.165, 1.54) is 12.2 Å². The summed E-state index contributed by atoms with van der Waals surface area (Å²) < 4.78 is 10.3. The Labute approximate surface area is 271 Å². The van der Waals surface area contributed by atoms with Crippen LogP contribution >= 0.6 is 0 Å². The maximum absolute atomic E-state index is 13.8. The summed E-state index contributed by atoms with van der Waals surface area (Å²) in [6.45, 7) is 6.31. The lowest BCUT2D eigenvalue weighted by molar-refractivity contribution is -0.137. The smallest absolute Gasteiger partial charge is 0.408 e. The van der Waals surface area contributed by atoms with E-state index in [2.05, 4.69) is 21.3 Å². The first-order valence-electron chi connectivity index (χ1n) is 15.4. The van der Waals surface area contributed by atoms with Gasteiger partial charge in [0.2, 0.25) is 17.7 Å². The quantitative estimate of drug-likeness (QED) is 0.162. The van der Waals surface area contributed by atoms with Crippen molar-refractivity contribution >= 4 is 29.8 Å². The van der Waals surface area contributed by atoms with Crippen LogP contribution < -0.4 is 21.3 Å². The molecular formula is C35H48N4O7. The molecular weight excluding hydrogens is 588 g/mol. The molecule has 0 saturated carbocycles. The molecule has 0 aliphatic carbocycles. The number of rotatable bonds is 16. The first-order valence-corrected chi connectivity index (χ1v) is 15.4. The van der Waals surface area contributed by atoms with Crippen LogP contribution in [0.3, 0.4) is 0 Å². The van der Waals surface area contributed by atoms with Crippen molar-refractivity contribution in [2.24, 2.45) is 11.8 Å². The highest BCUT2D eigenvalue weighted by Gasteiger charge is 2.31. The number of ether oxygens (including phenoxy) is 2. The summed E-state index contributed by atoms with van der Waals surface area (Å²) in [6.07, 6.45) is 3.35. The Morgan fingerprint density at radius 2 is 1.52 bits per heavy atom. The fourth-order valence-electron chi connectivity index (χ4n) is 4.97. The van der Waals surface area contributed by atoms with E-state index < -0.39 is 42.0 Å². The summed E-state index contributed by atoms with van der Waals surface area (Å²) in [5, 5.41) is 11.2. The van der Waals surface area contributed by atoms with Gasteiger partial charge in [-0.05, 0) is 43.2 Å². The van der Waals surface area contributed by atoms with Gasteiger partial charge in [-0.15, -0.1) is 0 Å². The van der Waals surface area contributed by atoms with Crippen molar-refractivity contribution in [3.8, 4) is 0 Å². The third kappa shape index (κ3) is 13.1. The predicted molar refractivity (Wildman–Crippen MR) is 175 cm³/mol. The molecule has 4 atom stereocenters. The summed E-state index contributed by atoms with van der Waals surface area (Å²) in [7, 11) is 0. The summed E-state index contributed by atoms with van der Waals surface area (Å²) in [6, 6.07) is 15.7. The van der Waals surface area contributed by atoms with E-state index in [-0.39, 0.29) is 51.2 Å². The molecule has 1 saturated heterocycles. The minimum absolute atomic E-state index is 0. The molecule has 2 aromatic rings. The van der Waals surface area contributed by atoms with Gasteiger partial charge in [-0.2, -0.15) is 0 Å². The van der Waals surface area contributed by atoms with E-state index in [4.69, 9.17) is 9.47 Å². The average molecular weight is 637 g/mol. The predicted octanol–water partition coefficient (Wildman–Crippen LogP) is 3.82. The molecule has 1 heterocycles. The molecule has 4 amide bonds. The zero-order chi connectivity index (χ0) is 32.6. The molecule has 11 nitrogen and oxygen atoms in total. The lowest BCUT2D eigenvalue weighted by atomic mass is 9.97. The second-order valence-electron chi connectivity index (χ2n) is 11.4. The second-order valence-corrected chi connectivity index (χ2v) is 11.4. The van der Waals surface area contributed by atoms with Crippen molar-refractivity contribution in [2.75, 3.05) is 13.2 Å². The fraction of sp³-hybridized carbons (Fsp3) is 0.457. The topological polar surface area (TPSA) is 152 Å². The van der Waals surface area contributed by atoms with Crippen LogP contribution in [-0.2, 0) is 41.7 Å². The SMILES string of the molecule is C.CCOC(=O)/C=C/[C@H](C[C@@H]1CCNC1=O)NC(=O)[C@H](Cc1ccccc1)NC(=O)[C@H](CC(C)C)NC(=O)OCc1ccccc1. The highest BCUT2D eigenvalue weighted by molar-refractivity contribution is 5.92. The Hall–Kier alpha value is -4.67. The Kier molecular flexibility index (Phi) is 16.0. The third-order valence-corrected chi connectivity index (χ3v) is 7.22. The van der Waals surface area contributed by atoms with E-state index in [9.17, 15) is 24.0 Å². The molecule has 1 aliphatic heterocycles. The van der Waals surface area contributed by atoms with Crippen LogP contribution in [-0.4, -0.2) is 61.1 Å². The van der Waals surface area contributed by atoms with Crippen molar-refractivity contribution in [3.05, 3.63) is 83.9 Å². The van der Waals surface area contributed by atoms with Gasteiger partial charge >= 0.3 is 12.1 Å². The fourth-order valence-corrected chi connectivity index (χ4v) is 4.97. The van der Waals surface area contributed by atoms with Crippen molar-refractivity contribution in [1.82, 2.24) is 21.3 Å². The number of nitrogens with one attached hydrogen (secondary N) is 4. The highest BCUT2D eigenvalue weighted by atomic mass is 16.5. The number of amides is 4. The Bertz CT molecular complexity index is 1300. The molecule has 0 aromatic heterocycles. The third-order valence-electron chi connectivity index (χ3n) is 7.22. The molecule has 3 rings (SSSR count). The van der Waals surface area contributed by atoms with E-state index in [1.807, 2.05) is 74.5 Å². The molecule has 11 heteroatoms. The number of hydrogen-bond donors (Lipinski definition) is 4. The Balaban J connectivity index is 0.00000736. The largest absolute Gasteiger partial charge is 0.463 e. The molecule has 0 bridgehead atoms. The molecule has 1 aliphatic rings.